The topological polar surface area (TPSA) is 61.8 Å². The molecule has 0 saturated carbocycles. The molecular formula is C9H10ClN3O2S. The van der Waals surface area contributed by atoms with Gasteiger partial charge in [-0.05, 0) is 18.2 Å². The third-order valence-electron chi connectivity index (χ3n) is 2.34. The Kier molecular flexibility index (Phi) is 2.55. The Balaban J connectivity index is 2.71. The number of nitrogens with one attached hydrogen (secondary N) is 1. The van der Waals surface area contributed by atoms with Crippen LogP contribution >= 0.6 is 11.6 Å². The Bertz CT molecular complexity index is 568. The molecule has 86 valence electrons. The summed E-state index contributed by atoms with van der Waals surface area (Å²) in [7, 11) is -0.587. The first-order valence-corrected chi connectivity index (χ1v) is 6.31. The molecule has 1 N–H and O–H groups in total. The number of benzene rings is 1. The lowest BCUT2D eigenvalue weighted by atomic mass is 10.3. The second-order valence-electron chi connectivity index (χ2n) is 3.29. The molecular weight excluding hydrogens is 250 g/mol. The van der Waals surface area contributed by atoms with Crippen LogP contribution < -0.4 is 5.32 Å². The standard InChI is InChI=1S/C9H10ClN3O2S/c1-11-9-12-7-4-3-6(10)5-8(7)16(14,15)13(9)2/h3-5H,1-2H3,(H,11,12). The van der Waals surface area contributed by atoms with Crippen molar-refractivity contribution in [3.05, 3.63) is 23.2 Å². The Labute approximate surface area is 98.8 Å². The van der Waals surface area contributed by atoms with E-state index < -0.39 is 10.0 Å². The van der Waals surface area contributed by atoms with Gasteiger partial charge in [0.1, 0.15) is 4.90 Å². The number of nitrogens with zero attached hydrogens (tertiary/aromatic N) is 2. The summed E-state index contributed by atoms with van der Waals surface area (Å²) in [6.07, 6.45) is 0. The molecule has 0 radical (unpaired) electrons. The molecule has 7 heteroatoms. The van der Waals surface area contributed by atoms with Crippen molar-refractivity contribution in [2.45, 2.75) is 4.90 Å². The van der Waals surface area contributed by atoms with Crippen LogP contribution in [-0.4, -0.2) is 32.8 Å². The first-order chi connectivity index (χ1) is 7.46. The third-order valence-corrected chi connectivity index (χ3v) is 4.36. The number of fused-ring (bicyclic) bond motifs is 1. The van der Waals surface area contributed by atoms with Gasteiger partial charge in [0.25, 0.3) is 10.0 Å². The van der Waals surface area contributed by atoms with Gasteiger partial charge in [-0.3, -0.25) is 4.99 Å². The fourth-order valence-corrected chi connectivity index (χ4v) is 3.03. The second-order valence-corrected chi connectivity index (χ2v) is 5.66. The van der Waals surface area contributed by atoms with E-state index in [4.69, 9.17) is 11.6 Å². The van der Waals surface area contributed by atoms with Crippen LogP contribution in [-0.2, 0) is 10.0 Å². The summed E-state index contributed by atoms with van der Waals surface area (Å²) in [5, 5.41) is 3.30. The third kappa shape index (κ3) is 1.54. The zero-order chi connectivity index (χ0) is 11.9. The highest BCUT2D eigenvalue weighted by molar-refractivity contribution is 7.90. The minimum absolute atomic E-state index is 0.162. The summed E-state index contributed by atoms with van der Waals surface area (Å²) in [4.78, 5) is 4.03. The quantitative estimate of drug-likeness (QED) is 0.766. The van der Waals surface area contributed by atoms with Crippen molar-refractivity contribution in [2.24, 2.45) is 4.99 Å². The van der Waals surface area contributed by atoms with E-state index in [1.807, 2.05) is 0 Å². The monoisotopic (exact) mass is 259 g/mol. The van der Waals surface area contributed by atoms with Crippen LogP contribution in [0, 0.1) is 0 Å². The van der Waals surface area contributed by atoms with E-state index in [2.05, 4.69) is 10.3 Å². The molecule has 0 atom stereocenters. The molecule has 1 aliphatic rings. The van der Waals surface area contributed by atoms with Crippen molar-refractivity contribution in [1.29, 1.82) is 0 Å². The molecule has 16 heavy (non-hydrogen) atoms. The SMILES string of the molecule is CN=C1Nc2ccc(Cl)cc2S(=O)(=O)N1C. The van der Waals surface area contributed by atoms with Crippen LogP contribution in [0.4, 0.5) is 5.69 Å². The van der Waals surface area contributed by atoms with Crippen LogP contribution in [0.2, 0.25) is 5.02 Å². The van der Waals surface area contributed by atoms with Crippen molar-refractivity contribution in [2.75, 3.05) is 19.4 Å². The van der Waals surface area contributed by atoms with Crippen LogP contribution in [0.25, 0.3) is 0 Å². The molecule has 0 spiro atoms. The highest BCUT2D eigenvalue weighted by Crippen LogP contribution is 2.31. The van der Waals surface area contributed by atoms with Crippen molar-refractivity contribution >= 4 is 33.3 Å². The molecule has 5 nitrogen and oxygen atoms in total. The van der Waals surface area contributed by atoms with Crippen molar-refractivity contribution in [3.8, 4) is 0 Å². The van der Waals surface area contributed by atoms with Crippen LogP contribution in [0.5, 0.6) is 0 Å². The lowest BCUT2D eigenvalue weighted by Gasteiger charge is -2.28. The number of sulfonamides is 1. The Morgan fingerprint density at radius 1 is 1.44 bits per heavy atom. The van der Waals surface area contributed by atoms with Gasteiger partial charge < -0.3 is 5.32 Å². The lowest BCUT2D eigenvalue weighted by Crippen LogP contribution is -2.42. The molecule has 2 rings (SSSR count). The van der Waals surface area contributed by atoms with Gasteiger partial charge in [-0.1, -0.05) is 11.6 Å². The van der Waals surface area contributed by atoms with E-state index in [9.17, 15) is 8.42 Å². The Morgan fingerprint density at radius 3 is 2.75 bits per heavy atom. The smallest absolute Gasteiger partial charge is 0.268 e. The van der Waals surface area contributed by atoms with E-state index >= 15 is 0 Å². The average molecular weight is 260 g/mol. The van der Waals surface area contributed by atoms with Crippen molar-refractivity contribution < 1.29 is 8.42 Å². The van der Waals surface area contributed by atoms with Gasteiger partial charge in [0.2, 0.25) is 5.96 Å². The number of aliphatic imine (C=N–C) groups is 1. The van der Waals surface area contributed by atoms with E-state index in [0.717, 1.165) is 4.31 Å². The lowest BCUT2D eigenvalue weighted by molar-refractivity contribution is 0.549. The molecule has 1 aromatic rings. The second kappa shape index (κ2) is 3.64. The zero-order valence-corrected chi connectivity index (χ0v) is 10.3. The van der Waals surface area contributed by atoms with Gasteiger partial charge in [0.05, 0.1) is 5.69 Å². The normalized spacial score (nSPS) is 20.4. The van der Waals surface area contributed by atoms with Crippen LogP contribution in [0.1, 0.15) is 0 Å². The summed E-state index contributed by atoms with van der Waals surface area (Å²) in [6.45, 7) is 0. The molecule has 1 aromatic carbocycles. The minimum Gasteiger partial charge on any atom is -0.324 e. The molecule has 0 saturated heterocycles. The number of hydrogen-bond acceptors (Lipinski definition) is 3. The van der Waals surface area contributed by atoms with Gasteiger partial charge in [-0.2, -0.15) is 0 Å². The van der Waals surface area contributed by atoms with E-state index in [1.54, 1.807) is 12.1 Å². The van der Waals surface area contributed by atoms with Gasteiger partial charge in [0.15, 0.2) is 0 Å². The molecule has 0 aromatic heterocycles. The molecule has 0 unspecified atom stereocenters. The predicted molar refractivity (Wildman–Crippen MR) is 63.4 cm³/mol. The van der Waals surface area contributed by atoms with E-state index in [-0.39, 0.29) is 10.9 Å². The fourth-order valence-electron chi connectivity index (χ4n) is 1.47. The number of rotatable bonds is 0. The van der Waals surface area contributed by atoms with E-state index in [1.165, 1.54) is 20.2 Å². The highest BCUT2D eigenvalue weighted by Gasteiger charge is 2.32. The average Bonchev–Trinajstić information content (AvgIpc) is 2.25. The van der Waals surface area contributed by atoms with Gasteiger partial charge in [0, 0.05) is 19.1 Å². The van der Waals surface area contributed by atoms with Gasteiger partial charge in [-0.15, -0.1) is 0 Å². The maximum Gasteiger partial charge on any atom is 0.268 e. The van der Waals surface area contributed by atoms with E-state index in [0.29, 0.717) is 10.7 Å². The van der Waals surface area contributed by atoms with Crippen LogP contribution in [0.15, 0.2) is 28.1 Å². The molecule has 0 bridgehead atoms. The maximum atomic E-state index is 12.1. The minimum atomic E-state index is -3.55. The summed E-state index contributed by atoms with van der Waals surface area (Å²) in [6, 6.07) is 4.66. The Hall–Kier alpha value is -1.27. The largest absolute Gasteiger partial charge is 0.324 e. The number of guanidine groups is 1. The summed E-state index contributed by atoms with van der Waals surface area (Å²) in [5.41, 5.74) is 0.489. The van der Waals surface area contributed by atoms with Crippen molar-refractivity contribution in [1.82, 2.24) is 4.31 Å². The van der Waals surface area contributed by atoms with Gasteiger partial charge >= 0.3 is 0 Å². The molecule has 1 heterocycles. The summed E-state index contributed by atoms with van der Waals surface area (Å²) in [5.74, 6) is 0.287. The van der Waals surface area contributed by atoms with Gasteiger partial charge in [-0.25, -0.2) is 12.7 Å². The molecule has 1 aliphatic heterocycles. The number of halogens is 1. The zero-order valence-electron chi connectivity index (χ0n) is 8.73. The maximum absolute atomic E-state index is 12.1. The number of hydrogen-bond donors (Lipinski definition) is 1. The summed E-state index contributed by atoms with van der Waals surface area (Å²) < 4.78 is 25.2. The fraction of sp³-hybridized carbons (Fsp3) is 0.222. The predicted octanol–water partition coefficient (Wildman–Crippen LogP) is 1.37. The highest BCUT2D eigenvalue weighted by atomic mass is 35.5. The number of anilines is 1. The molecule has 0 fully saturated rings. The molecule has 0 aliphatic carbocycles. The van der Waals surface area contributed by atoms with Crippen LogP contribution in [0.3, 0.4) is 0 Å². The first kappa shape index (κ1) is 11.2. The van der Waals surface area contributed by atoms with Crippen molar-refractivity contribution in [3.63, 3.8) is 0 Å². The summed E-state index contributed by atoms with van der Waals surface area (Å²) >= 11 is 5.78. The molecule has 0 amide bonds. The Morgan fingerprint density at radius 2 is 2.12 bits per heavy atom. The first-order valence-electron chi connectivity index (χ1n) is 4.49.